The smallest absolute Gasteiger partial charge is 0.289 e. The highest BCUT2D eigenvalue weighted by molar-refractivity contribution is 6.34. The predicted molar refractivity (Wildman–Crippen MR) is 60.2 cm³/mol. The number of halogens is 4. The van der Waals surface area contributed by atoms with Gasteiger partial charge in [-0.15, -0.1) is 0 Å². The van der Waals surface area contributed by atoms with Gasteiger partial charge in [-0.1, -0.05) is 17.2 Å². The Morgan fingerprint density at radius 3 is 2.29 bits per heavy atom. The van der Waals surface area contributed by atoms with E-state index in [4.69, 9.17) is 11.6 Å². The number of alkyl halides is 3. The van der Waals surface area contributed by atoms with Gasteiger partial charge in [0, 0.05) is 5.56 Å². The third kappa shape index (κ3) is 3.60. The van der Waals surface area contributed by atoms with Crippen molar-refractivity contribution in [3.05, 3.63) is 46.0 Å². The quantitative estimate of drug-likeness (QED) is 0.566. The second kappa shape index (κ2) is 4.92. The van der Waals surface area contributed by atoms with Crippen LogP contribution in [0.4, 0.5) is 13.2 Å². The van der Waals surface area contributed by atoms with Crippen LogP contribution >= 0.6 is 11.6 Å². The molecular formula is C12H10ClF3O. The van der Waals surface area contributed by atoms with Crippen LogP contribution in [0, 0.1) is 0 Å². The number of hydrogen-bond acceptors (Lipinski definition) is 1. The molecule has 1 aromatic carbocycles. The molecule has 1 aromatic rings. The van der Waals surface area contributed by atoms with E-state index in [1.807, 2.05) is 0 Å². The minimum absolute atomic E-state index is 0.0702. The molecule has 1 rings (SSSR count). The highest BCUT2D eigenvalue weighted by atomic mass is 35.5. The van der Waals surface area contributed by atoms with E-state index in [9.17, 15) is 18.0 Å². The maximum absolute atomic E-state index is 12.4. The SMILES string of the molecule is CC(C)=CC(=O)c1ccc(C(F)(F)F)cc1Cl. The number of ketones is 1. The van der Waals surface area contributed by atoms with Gasteiger partial charge in [0.05, 0.1) is 10.6 Å². The fourth-order valence-electron chi connectivity index (χ4n) is 1.23. The Bertz CT molecular complexity index is 471. The molecule has 17 heavy (non-hydrogen) atoms. The first-order valence-corrected chi connectivity index (χ1v) is 5.15. The summed E-state index contributed by atoms with van der Waals surface area (Å²) in [5, 5.41) is -0.192. The van der Waals surface area contributed by atoms with Crippen LogP contribution in [0.5, 0.6) is 0 Å². The highest BCUT2D eigenvalue weighted by Crippen LogP contribution is 2.32. The summed E-state index contributed by atoms with van der Waals surface area (Å²) in [6, 6.07) is 2.69. The van der Waals surface area contributed by atoms with E-state index < -0.39 is 17.5 Å². The van der Waals surface area contributed by atoms with Crippen LogP contribution < -0.4 is 0 Å². The standard InChI is InChI=1S/C12H10ClF3O/c1-7(2)5-11(17)9-4-3-8(6-10(9)13)12(14,15)16/h3-6H,1-2H3. The molecule has 1 nitrogen and oxygen atoms in total. The maximum Gasteiger partial charge on any atom is 0.416 e. The average molecular weight is 263 g/mol. The monoisotopic (exact) mass is 262 g/mol. The summed E-state index contributed by atoms with van der Waals surface area (Å²) in [6.45, 7) is 3.44. The van der Waals surface area contributed by atoms with Crippen LogP contribution in [0.3, 0.4) is 0 Å². The van der Waals surface area contributed by atoms with Crippen molar-refractivity contribution in [2.75, 3.05) is 0 Å². The lowest BCUT2D eigenvalue weighted by Crippen LogP contribution is -2.06. The molecule has 0 fully saturated rings. The van der Waals surface area contributed by atoms with E-state index in [1.165, 1.54) is 6.08 Å². The summed E-state index contributed by atoms with van der Waals surface area (Å²) in [5.74, 6) is -0.399. The Hall–Kier alpha value is -1.29. The Labute approximate surface area is 102 Å². The molecule has 5 heteroatoms. The van der Waals surface area contributed by atoms with Gasteiger partial charge < -0.3 is 0 Å². The molecule has 0 atom stereocenters. The van der Waals surface area contributed by atoms with Crippen LogP contribution in [0.15, 0.2) is 29.8 Å². The largest absolute Gasteiger partial charge is 0.416 e. The van der Waals surface area contributed by atoms with E-state index in [0.717, 1.165) is 23.8 Å². The van der Waals surface area contributed by atoms with Crippen molar-refractivity contribution in [3.63, 3.8) is 0 Å². The minimum atomic E-state index is -4.46. The van der Waals surface area contributed by atoms with Crippen LogP contribution in [0.1, 0.15) is 29.8 Å². The summed E-state index contributed by atoms with van der Waals surface area (Å²) in [5.41, 5.74) is -0.0388. The predicted octanol–water partition coefficient (Wildman–Crippen LogP) is 4.51. The lowest BCUT2D eigenvalue weighted by Gasteiger charge is -2.08. The Balaban J connectivity index is 3.15. The summed E-state index contributed by atoms with van der Waals surface area (Å²) < 4.78 is 37.1. The van der Waals surface area contributed by atoms with Gasteiger partial charge in [0.2, 0.25) is 0 Å². The van der Waals surface area contributed by atoms with E-state index >= 15 is 0 Å². The van der Waals surface area contributed by atoms with Crippen LogP contribution in [0.2, 0.25) is 5.02 Å². The molecule has 0 radical (unpaired) electrons. The van der Waals surface area contributed by atoms with Crippen molar-refractivity contribution in [2.45, 2.75) is 20.0 Å². The average Bonchev–Trinajstić information content (AvgIpc) is 2.14. The van der Waals surface area contributed by atoms with Gasteiger partial charge in [0.25, 0.3) is 0 Å². The van der Waals surface area contributed by atoms with Crippen molar-refractivity contribution in [1.29, 1.82) is 0 Å². The first-order chi connectivity index (χ1) is 7.71. The van der Waals surface area contributed by atoms with Crippen molar-refractivity contribution in [2.24, 2.45) is 0 Å². The molecule has 0 aromatic heterocycles. The fourth-order valence-corrected chi connectivity index (χ4v) is 1.50. The molecule has 0 aliphatic carbocycles. The van der Waals surface area contributed by atoms with E-state index in [2.05, 4.69) is 0 Å². The molecule has 0 saturated heterocycles. The number of hydrogen-bond donors (Lipinski definition) is 0. The van der Waals surface area contributed by atoms with Crippen molar-refractivity contribution in [1.82, 2.24) is 0 Å². The summed E-state index contributed by atoms with van der Waals surface area (Å²) in [4.78, 5) is 11.6. The van der Waals surface area contributed by atoms with Gasteiger partial charge in [-0.2, -0.15) is 13.2 Å². The molecule has 0 aliphatic heterocycles. The maximum atomic E-state index is 12.4. The third-order valence-electron chi connectivity index (χ3n) is 1.98. The fraction of sp³-hybridized carbons (Fsp3) is 0.250. The lowest BCUT2D eigenvalue weighted by molar-refractivity contribution is -0.137. The number of rotatable bonds is 2. The minimum Gasteiger partial charge on any atom is -0.289 e. The topological polar surface area (TPSA) is 17.1 Å². The van der Waals surface area contributed by atoms with Crippen LogP contribution in [-0.4, -0.2) is 5.78 Å². The van der Waals surface area contributed by atoms with Crippen molar-refractivity contribution in [3.8, 4) is 0 Å². The molecule has 0 amide bonds. The molecule has 0 unspecified atom stereocenters. The third-order valence-corrected chi connectivity index (χ3v) is 2.29. The number of allylic oxidation sites excluding steroid dienone is 2. The molecule has 0 N–H and O–H groups in total. The first-order valence-electron chi connectivity index (χ1n) is 4.78. The van der Waals surface area contributed by atoms with E-state index in [1.54, 1.807) is 13.8 Å². The van der Waals surface area contributed by atoms with E-state index in [0.29, 0.717) is 0 Å². The summed E-state index contributed by atoms with van der Waals surface area (Å²) in [7, 11) is 0. The zero-order valence-electron chi connectivity index (χ0n) is 9.23. The van der Waals surface area contributed by atoms with E-state index in [-0.39, 0.29) is 10.6 Å². The zero-order chi connectivity index (χ0) is 13.2. The van der Waals surface area contributed by atoms with Crippen molar-refractivity contribution >= 4 is 17.4 Å². The second-order valence-corrected chi connectivity index (χ2v) is 4.19. The molecule has 0 heterocycles. The highest BCUT2D eigenvalue weighted by Gasteiger charge is 2.31. The second-order valence-electron chi connectivity index (χ2n) is 3.78. The van der Waals surface area contributed by atoms with Gasteiger partial charge in [-0.05, 0) is 38.1 Å². The first kappa shape index (κ1) is 13.8. The normalized spacial score (nSPS) is 11.2. The summed E-state index contributed by atoms with van der Waals surface area (Å²) >= 11 is 5.66. The Morgan fingerprint density at radius 2 is 1.88 bits per heavy atom. The van der Waals surface area contributed by atoms with Crippen LogP contribution in [-0.2, 0) is 6.18 Å². The molecule has 0 aliphatic rings. The molecule has 92 valence electrons. The molecule has 0 spiro atoms. The van der Waals surface area contributed by atoms with Gasteiger partial charge in [0.1, 0.15) is 0 Å². The van der Waals surface area contributed by atoms with Gasteiger partial charge in [0.15, 0.2) is 5.78 Å². The molecule has 0 bridgehead atoms. The van der Waals surface area contributed by atoms with Crippen LogP contribution in [0.25, 0.3) is 0 Å². The summed E-state index contributed by atoms with van der Waals surface area (Å²) in [6.07, 6.45) is -3.13. The number of carbonyl (C=O) groups excluding carboxylic acids is 1. The number of carbonyl (C=O) groups is 1. The van der Waals surface area contributed by atoms with Gasteiger partial charge in [-0.25, -0.2) is 0 Å². The van der Waals surface area contributed by atoms with Crippen molar-refractivity contribution < 1.29 is 18.0 Å². The molecular weight excluding hydrogens is 253 g/mol. The van der Waals surface area contributed by atoms with Gasteiger partial charge >= 0.3 is 6.18 Å². The molecule has 0 saturated carbocycles. The van der Waals surface area contributed by atoms with Gasteiger partial charge in [-0.3, -0.25) is 4.79 Å². The number of benzene rings is 1. The Kier molecular flexibility index (Phi) is 3.98. The Morgan fingerprint density at radius 1 is 1.29 bits per heavy atom. The zero-order valence-corrected chi connectivity index (χ0v) is 9.99. The lowest BCUT2D eigenvalue weighted by atomic mass is 10.1.